The van der Waals surface area contributed by atoms with Crippen molar-refractivity contribution in [3.05, 3.63) is 53.0 Å². The van der Waals surface area contributed by atoms with Crippen molar-refractivity contribution >= 4 is 41.2 Å². The predicted octanol–water partition coefficient (Wildman–Crippen LogP) is 2.61. The molecule has 0 aliphatic carbocycles. The molecule has 0 atom stereocenters. The van der Waals surface area contributed by atoms with Gasteiger partial charge >= 0.3 is 6.03 Å². The summed E-state index contributed by atoms with van der Waals surface area (Å²) in [5, 5.41) is 2.34. The number of barbiturate groups is 1. The molecule has 0 saturated carbocycles. The Balaban J connectivity index is 2.01. The molecule has 1 aromatic heterocycles. The molecular formula is C16H11ClN2O5. The lowest BCUT2D eigenvalue weighted by atomic mass is 10.1. The van der Waals surface area contributed by atoms with Crippen LogP contribution in [0.15, 0.2) is 46.6 Å². The minimum absolute atomic E-state index is 0.209. The fourth-order valence-electron chi connectivity index (χ4n) is 2.20. The molecule has 1 saturated heterocycles. The number of ether oxygens (including phenoxy) is 1. The van der Waals surface area contributed by atoms with E-state index >= 15 is 0 Å². The van der Waals surface area contributed by atoms with E-state index in [1.54, 1.807) is 12.1 Å². The van der Waals surface area contributed by atoms with Gasteiger partial charge in [-0.05, 0) is 36.4 Å². The number of carbonyl (C=O) groups excluding carboxylic acids is 3. The number of hydrogen-bond donors (Lipinski definition) is 1. The molecule has 3 rings (SSSR count). The summed E-state index contributed by atoms with van der Waals surface area (Å²) in [6.45, 7) is 0. The van der Waals surface area contributed by atoms with Crippen molar-refractivity contribution in [3.8, 4) is 5.75 Å². The van der Waals surface area contributed by atoms with Gasteiger partial charge in [-0.15, -0.1) is 0 Å². The van der Waals surface area contributed by atoms with E-state index in [-0.39, 0.29) is 16.3 Å². The molecule has 1 aliphatic heterocycles. The van der Waals surface area contributed by atoms with E-state index in [2.05, 4.69) is 5.32 Å². The number of nitrogens with one attached hydrogen (secondary N) is 1. The highest BCUT2D eigenvalue weighted by molar-refractivity contribution is 6.39. The smallest absolute Gasteiger partial charge is 0.335 e. The first-order valence-corrected chi connectivity index (χ1v) is 7.17. The largest absolute Gasteiger partial charge is 0.495 e. The van der Waals surface area contributed by atoms with Gasteiger partial charge in [-0.1, -0.05) is 11.6 Å². The Bertz CT molecular complexity index is 857. The first-order chi connectivity index (χ1) is 11.5. The van der Waals surface area contributed by atoms with Gasteiger partial charge in [0.05, 0.1) is 24.1 Å². The number of nitrogens with zero attached hydrogens (tertiary/aromatic N) is 1. The Morgan fingerprint density at radius 1 is 1.25 bits per heavy atom. The van der Waals surface area contributed by atoms with Crippen molar-refractivity contribution < 1.29 is 23.5 Å². The van der Waals surface area contributed by atoms with Gasteiger partial charge in [0, 0.05) is 0 Å². The Morgan fingerprint density at radius 3 is 2.67 bits per heavy atom. The van der Waals surface area contributed by atoms with E-state index in [9.17, 15) is 14.4 Å². The van der Waals surface area contributed by atoms with E-state index < -0.39 is 17.8 Å². The van der Waals surface area contributed by atoms with Crippen LogP contribution in [0.2, 0.25) is 5.02 Å². The Morgan fingerprint density at radius 2 is 2.04 bits per heavy atom. The van der Waals surface area contributed by atoms with Crippen LogP contribution in [0.25, 0.3) is 6.08 Å². The summed E-state index contributed by atoms with van der Waals surface area (Å²) in [6.07, 6.45) is 2.67. The number of rotatable bonds is 3. The van der Waals surface area contributed by atoms with Crippen molar-refractivity contribution in [2.45, 2.75) is 0 Å². The van der Waals surface area contributed by atoms with E-state index in [4.69, 9.17) is 20.8 Å². The zero-order chi connectivity index (χ0) is 17.3. The lowest BCUT2D eigenvalue weighted by Crippen LogP contribution is -2.54. The molecule has 1 aromatic carbocycles. The highest BCUT2D eigenvalue weighted by Gasteiger charge is 2.37. The van der Waals surface area contributed by atoms with E-state index in [1.165, 1.54) is 37.6 Å². The monoisotopic (exact) mass is 346 g/mol. The number of anilines is 1. The molecule has 2 heterocycles. The number of amides is 4. The standard InChI is InChI=1S/C16H11ClN2O5/c1-23-13-5-4-9(7-12(13)17)19-15(21)11(14(20)18-16(19)22)8-10-3-2-6-24-10/h2-8H,1H3,(H,18,20,22)/b11-8-. The third-order valence-corrected chi connectivity index (χ3v) is 3.62. The maximum atomic E-state index is 12.6. The lowest BCUT2D eigenvalue weighted by Gasteiger charge is -2.26. The zero-order valence-electron chi connectivity index (χ0n) is 12.4. The molecule has 0 bridgehead atoms. The summed E-state index contributed by atoms with van der Waals surface area (Å²) < 4.78 is 10.1. The first kappa shape index (κ1) is 15.8. The number of halogens is 1. The second-order valence-corrected chi connectivity index (χ2v) is 5.20. The zero-order valence-corrected chi connectivity index (χ0v) is 13.2. The fraction of sp³-hybridized carbons (Fsp3) is 0.0625. The summed E-state index contributed by atoms with van der Waals surface area (Å²) >= 11 is 6.03. The predicted molar refractivity (Wildman–Crippen MR) is 85.7 cm³/mol. The number of carbonyl (C=O) groups is 3. The van der Waals surface area contributed by atoms with Crippen molar-refractivity contribution in [1.29, 1.82) is 0 Å². The second-order valence-electron chi connectivity index (χ2n) is 4.79. The van der Waals surface area contributed by atoms with E-state index in [1.807, 2.05) is 0 Å². The number of benzene rings is 1. The molecule has 0 radical (unpaired) electrons. The van der Waals surface area contributed by atoms with Crippen molar-refractivity contribution in [3.63, 3.8) is 0 Å². The minimum Gasteiger partial charge on any atom is -0.495 e. The van der Waals surface area contributed by atoms with Crippen LogP contribution in [0.1, 0.15) is 5.76 Å². The molecule has 2 aromatic rings. The van der Waals surface area contributed by atoms with Crippen LogP contribution >= 0.6 is 11.6 Å². The number of furan rings is 1. The average Bonchev–Trinajstić information content (AvgIpc) is 3.04. The number of imide groups is 2. The molecule has 1 aliphatic rings. The SMILES string of the molecule is COc1ccc(N2C(=O)NC(=O)/C(=C/c3ccco3)C2=O)cc1Cl. The maximum Gasteiger partial charge on any atom is 0.335 e. The van der Waals surface area contributed by atoms with Gasteiger partial charge in [-0.3, -0.25) is 14.9 Å². The van der Waals surface area contributed by atoms with Crippen LogP contribution in [0.5, 0.6) is 5.75 Å². The molecule has 8 heteroatoms. The van der Waals surface area contributed by atoms with Gasteiger partial charge in [0.1, 0.15) is 17.1 Å². The van der Waals surface area contributed by atoms with Crippen LogP contribution < -0.4 is 15.0 Å². The topological polar surface area (TPSA) is 88.8 Å². The molecule has 7 nitrogen and oxygen atoms in total. The Kier molecular flexibility index (Phi) is 4.09. The first-order valence-electron chi connectivity index (χ1n) is 6.80. The average molecular weight is 347 g/mol. The summed E-state index contributed by atoms with van der Waals surface area (Å²) in [5.74, 6) is -0.859. The van der Waals surface area contributed by atoms with Gasteiger partial charge in [-0.25, -0.2) is 9.69 Å². The quantitative estimate of drug-likeness (QED) is 0.681. The fourth-order valence-corrected chi connectivity index (χ4v) is 2.45. The highest BCUT2D eigenvalue weighted by Crippen LogP contribution is 2.30. The van der Waals surface area contributed by atoms with E-state index in [0.717, 1.165) is 4.90 Å². The molecule has 0 unspecified atom stereocenters. The molecule has 1 fully saturated rings. The number of methoxy groups -OCH3 is 1. The molecule has 24 heavy (non-hydrogen) atoms. The maximum absolute atomic E-state index is 12.6. The van der Waals surface area contributed by atoms with Gasteiger partial charge in [0.25, 0.3) is 11.8 Å². The lowest BCUT2D eigenvalue weighted by molar-refractivity contribution is -0.122. The van der Waals surface area contributed by atoms with Crippen LogP contribution in [0.4, 0.5) is 10.5 Å². The summed E-state index contributed by atoms with van der Waals surface area (Å²) in [6, 6.07) is 6.75. The molecule has 122 valence electrons. The van der Waals surface area contributed by atoms with Crippen molar-refractivity contribution in [1.82, 2.24) is 5.32 Å². The molecular weight excluding hydrogens is 336 g/mol. The molecule has 1 N–H and O–H groups in total. The molecule has 0 spiro atoms. The van der Waals surface area contributed by atoms with Gasteiger partial charge in [-0.2, -0.15) is 0 Å². The van der Waals surface area contributed by atoms with Crippen molar-refractivity contribution in [2.24, 2.45) is 0 Å². The second kappa shape index (κ2) is 6.21. The van der Waals surface area contributed by atoms with Crippen LogP contribution in [-0.4, -0.2) is 25.0 Å². The Labute approximate surface area is 141 Å². The van der Waals surface area contributed by atoms with Crippen molar-refractivity contribution in [2.75, 3.05) is 12.0 Å². The summed E-state index contributed by atoms with van der Waals surface area (Å²) in [5.41, 5.74) is -0.0161. The third-order valence-electron chi connectivity index (χ3n) is 3.33. The minimum atomic E-state index is -0.858. The normalized spacial score (nSPS) is 16.5. The van der Waals surface area contributed by atoms with Gasteiger partial charge < -0.3 is 9.15 Å². The molecule has 4 amide bonds. The summed E-state index contributed by atoms with van der Waals surface area (Å²) in [4.78, 5) is 37.4. The van der Waals surface area contributed by atoms with Gasteiger partial charge in [0.15, 0.2) is 0 Å². The van der Waals surface area contributed by atoms with Crippen LogP contribution in [0, 0.1) is 0 Å². The highest BCUT2D eigenvalue weighted by atomic mass is 35.5. The third kappa shape index (κ3) is 2.77. The number of urea groups is 1. The van der Waals surface area contributed by atoms with Crippen LogP contribution in [0.3, 0.4) is 0 Å². The van der Waals surface area contributed by atoms with Gasteiger partial charge in [0.2, 0.25) is 0 Å². The van der Waals surface area contributed by atoms with Crippen LogP contribution in [-0.2, 0) is 9.59 Å². The Hall–Kier alpha value is -3.06. The number of hydrogen-bond acceptors (Lipinski definition) is 5. The van der Waals surface area contributed by atoms with E-state index in [0.29, 0.717) is 11.5 Å². The summed E-state index contributed by atoms with van der Waals surface area (Å²) in [7, 11) is 1.45.